The van der Waals surface area contributed by atoms with Crippen LogP contribution in [0.15, 0.2) is 18.2 Å². The van der Waals surface area contributed by atoms with Gasteiger partial charge in [-0.05, 0) is 37.7 Å². The Morgan fingerprint density at radius 2 is 2.22 bits per heavy atom. The zero-order valence-corrected chi connectivity index (χ0v) is 10.6. The molecule has 18 heavy (non-hydrogen) atoms. The first-order chi connectivity index (χ1) is 8.61. The van der Waals surface area contributed by atoms with Crippen molar-refractivity contribution in [3.8, 4) is 5.75 Å². The second kappa shape index (κ2) is 5.37. The van der Waals surface area contributed by atoms with Crippen LogP contribution in [0.4, 0.5) is 5.69 Å². The molecule has 2 rings (SSSR count). The quantitative estimate of drug-likeness (QED) is 0.696. The molecular weight excluding hydrogens is 232 g/mol. The Morgan fingerprint density at radius 1 is 1.44 bits per heavy atom. The molecule has 0 aromatic heterocycles. The van der Waals surface area contributed by atoms with Crippen LogP contribution in [0.2, 0.25) is 0 Å². The average molecular weight is 250 g/mol. The van der Waals surface area contributed by atoms with Gasteiger partial charge < -0.3 is 20.5 Å². The summed E-state index contributed by atoms with van der Waals surface area (Å²) in [5.74, 6) is -0.00801. The SMILES string of the molecule is CNC1COCC1C(=O)Nc1ccc(O)c(C)c1. The normalized spacial score (nSPS) is 23.0. The van der Waals surface area contributed by atoms with Crippen molar-refractivity contribution >= 4 is 11.6 Å². The Kier molecular flexibility index (Phi) is 3.84. The molecule has 1 aromatic rings. The predicted octanol–water partition coefficient (Wildman–Crippen LogP) is 0.874. The van der Waals surface area contributed by atoms with Gasteiger partial charge in [-0.2, -0.15) is 0 Å². The number of likely N-dealkylation sites (N-methyl/N-ethyl adjacent to an activating group) is 1. The minimum absolute atomic E-state index is 0.0584. The van der Waals surface area contributed by atoms with Gasteiger partial charge in [0.25, 0.3) is 0 Å². The van der Waals surface area contributed by atoms with Gasteiger partial charge in [0.1, 0.15) is 5.75 Å². The molecule has 1 aromatic carbocycles. The molecule has 2 unspecified atom stereocenters. The van der Waals surface area contributed by atoms with Gasteiger partial charge in [0.2, 0.25) is 5.91 Å². The van der Waals surface area contributed by atoms with E-state index in [4.69, 9.17) is 4.74 Å². The maximum absolute atomic E-state index is 12.1. The zero-order chi connectivity index (χ0) is 13.1. The summed E-state index contributed by atoms with van der Waals surface area (Å²) in [6.45, 7) is 2.79. The van der Waals surface area contributed by atoms with E-state index in [1.165, 1.54) is 0 Å². The lowest BCUT2D eigenvalue weighted by Crippen LogP contribution is -2.39. The standard InChI is InChI=1S/C13H18N2O3/c1-8-5-9(3-4-12(8)16)15-13(17)10-6-18-7-11(10)14-2/h3-5,10-11,14,16H,6-7H2,1-2H3,(H,15,17). The molecule has 0 radical (unpaired) electrons. The van der Waals surface area contributed by atoms with Crippen LogP contribution in [0.3, 0.4) is 0 Å². The molecule has 1 saturated heterocycles. The number of ether oxygens (including phenoxy) is 1. The molecule has 1 aliphatic rings. The molecule has 1 heterocycles. The third-order valence-electron chi connectivity index (χ3n) is 3.25. The molecule has 98 valence electrons. The molecule has 1 fully saturated rings. The molecular formula is C13H18N2O3. The highest BCUT2D eigenvalue weighted by atomic mass is 16.5. The number of phenols is 1. The van der Waals surface area contributed by atoms with Gasteiger partial charge in [-0.3, -0.25) is 4.79 Å². The van der Waals surface area contributed by atoms with Gasteiger partial charge in [-0.15, -0.1) is 0 Å². The fraction of sp³-hybridized carbons (Fsp3) is 0.462. The van der Waals surface area contributed by atoms with Crippen molar-refractivity contribution in [3.63, 3.8) is 0 Å². The second-order valence-corrected chi connectivity index (χ2v) is 4.53. The molecule has 0 aliphatic carbocycles. The minimum atomic E-state index is -0.177. The number of hydrogen-bond donors (Lipinski definition) is 3. The molecule has 1 aliphatic heterocycles. The third kappa shape index (κ3) is 2.63. The van der Waals surface area contributed by atoms with Crippen molar-refractivity contribution in [1.29, 1.82) is 0 Å². The Hall–Kier alpha value is -1.59. The summed E-state index contributed by atoms with van der Waals surface area (Å²) in [5, 5.41) is 15.3. The van der Waals surface area contributed by atoms with Crippen molar-refractivity contribution in [3.05, 3.63) is 23.8 Å². The first kappa shape index (κ1) is 12.9. The number of carbonyl (C=O) groups excluding carboxylic acids is 1. The van der Waals surface area contributed by atoms with Crippen molar-refractivity contribution in [2.24, 2.45) is 5.92 Å². The van der Waals surface area contributed by atoms with Crippen LogP contribution in [0.1, 0.15) is 5.56 Å². The van der Waals surface area contributed by atoms with Crippen molar-refractivity contribution in [1.82, 2.24) is 5.32 Å². The summed E-state index contributed by atoms with van der Waals surface area (Å²) in [7, 11) is 1.82. The number of amides is 1. The predicted molar refractivity (Wildman–Crippen MR) is 68.6 cm³/mol. The molecule has 0 spiro atoms. The summed E-state index contributed by atoms with van der Waals surface area (Å²) in [4.78, 5) is 12.1. The van der Waals surface area contributed by atoms with Crippen LogP contribution in [0.5, 0.6) is 5.75 Å². The van der Waals surface area contributed by atoms with Crippen LogP contribution in [0, 0.1) is 12.8 Å². The Morgan fingerprint density at radius 3 is 2.89 bits per heavy atom. The minimum Gasteiger partial charge on any atom is -0.508 e. The number of aryl methyl sites for hydroxylation is 1. The van der Waals surface area contributed by atoms with Crippen LogP contribution in [-0.4, -0.2) is 37.3 Å². The fourth-order valence-electron chi connectivity index (χ4n) is 2.07. The van der Waals surface area contributed by atoms with Gasteiger partial charge in [-0.1, -0.05) is 0 Å². The highest BCUT2D eigenvalue weighted by Gasteiger charge is 2.32. The highest BCUT2D eigenvalue weighted by Crippen LogP contribution is 2.22. The van der Waals surface area contributed by atoms with E-state index in [0.29, 0.717) is 18.9 Å². The van der Waals surface area contributed by atoms with Crippen LogP contribution >= 0.6 is 0 Å². The van der Waals surface area contributed by atoms with E-state index >= 15 is 0 Å². The van der Waals surface area contributed by atoms with E-state index in [1.807, 2.05) is 7.05 Å². The first-order valence-electron chi connectivity index (χ1n) is 5.97. The Labute approximate surface area is 106 Å². The number of benzene rings is 1. The van der Waals surface area contributed by atoms with Crippen LogP contribution in [-0.2, 0) is 9.53 Å². The molecule has 0 bridgehead atoms. The lowest BCUT2D eigenvalue weighted by Gasteiger charge is -2.16. The van der Waals surface area contributed by atoms with E-state index in [0.717, 1.165) is 5.56 Å². The van der Waals surface area contributed by atoms with E-state index in [-0.39, 0.29) is 23.6 Å². The van der Waals surface area contributed by atoms with E-state index in [2.05, 4.69) is 10.6 Å². The summed E-state index contributed by atoms with van der Waals surface area (Å²) in [6, 6.07) is 5.07. The first-order valence-corrected chi connectivity index (χ1v) is 5.97. The van der Waals surface area contributed by atoms with Crippen molar-refractivity contribution in [2.45, 2.75) is 13.0 Å². The molecule has 5 nitrogen and oxygen atoms in total. The van der Waals surface area contributed by atoms with Crippen molar-refractivity contribution < 1.29 is 14.6 Å². The number of hydrogen-bond acceptors (Lipinski definition) is 4. The van der Waals surface area contributed by atoms with Crippen molar-refractivity contribution in [2.75, 3.05) is 25.6 Å². The second-order valence-electron chi connectivity index (χ2n) is 4.53. The van der Waals surface area contributed by atoms with Crippen LogP contribution < -0.4 is 10.6 Å². The maximum Gasteiger partial charge on any atom is 0.231 e. The van der Waals surface area contributed by atoms with Gasteiger partial charge in [0, 0.05) is 11.7 Å². The number of carbonyl (C=O) groups is 1. The Balaban J connectivity index is 2.04. The molecule has 5 heteroatoms. The zero-order valence-electron chi connectivity index (χ0n) is 10.6. The highest BCUT2D eigenvalue weighted by molar-refractivity contribution is 5.93. The molecule has 2 atom stereocenters. The number of rotatable bonds is 3. The summed E-state index contributed by atoms with van der Waals surface area (Å²) in [5.41, 5.74) is 1.43. The lowest BCUT2D eigenvalue weighted by atomic mass is 10.0. The number of phenolic OH excluding ortho intramolecular Hbond substituents is 1. The third-order valence-corrected chi connectivity index (χ3v) is 3.25. The fourth-order valence-corrected chi connectivity index (χ4v) is 2.07. The summed E-state index contributed by atoms with van der Waals surface area (Å²) in [6.07, 6.45) is 0. The molecule has 0 saturated carbocycles. The molecule has 3 N–H and O–H groups in total. The molecule has 1 amide bonds. The van der Waals surface area contributed by atoms with E-state index in [9.17, 15) is 9.90 Å². The van der Waals surface area contributed by atoms with Gasteiger partial charge in [-0.25, -0.2) is 0 Å². The maximum atomic E-state index is 12.1. The topological polar surface area (TPSA) is 70.6 Å². The number of nitrogens with one attached hydrogen (secondary N) is 2. The smallest absolute Gasteiger partial charge is 0.231 e. The van der Waals surface area contributed by atoms with Gasteiger partial charge >= 0.3 is 0 Å². The van der Waals surface area contributed by atoms with Gasteiger partial charge in [0.15, 0.2) is 0 Å². The van der Waals surface area contributed by atoms with Crippen LogP contribution in [0.25, 0.3) is 0 Å². The largest absolute Gasteiger partial charge is 0.508 e. The average Bonchev–Trinajstić information content (AvgIpc) is 2.82. The Bertz CT molecular complexity index is 448. The number of aromatic hydroxyl groups is 1. The monoisotopic (exact) mass is 250 g/mol. The lowest BCUT2D eigenvalue weighted by molar-refractivity contribution is -0.120. The van der Waals surface area contributed by atoms with E-state index in [1.54, 1.807) is 25.1 Å². The number of anilines is 1. The summed E-state index contributed by atoms with van der Waals surface area (Å²) < 4.78 is 5.30. The summed E-state index contributed by atoms with van der Waals surface area (Å²) >= 11 is 0. The van der Waals surface area contributed by atoms with Gasteiger partial charge in [0.05, 0.1) is 19.1 Å². The van der Waals surface area contributed by atoms with E-state index < -0.39 is 0 Å².